The Morgan fingerprint density at radius 1 is 1.20 bits per heavy atom. The van der Waals surface area contributed by atoms with Crippen molar-refractivity contribution >= 4 is 24.0 Å². The number of amides is 1. The van der Waals surface area contributed by atoms with E-state index in [-0.39, 0.29) is 47.6 Å². The molecule has 1 aliphatic carbocycles. The lowest BCUT2D eigenvalue weighted by atomic mass is 9.95. The van der Waals surface area contributed by atoms with Crippen molar-refractivity contribution in [2.45, 2.75) is 76.1 Å². The van der Waals surface area contributed by atoms with E-state index >= 15 is 0 Å². The van der Waals surface area contributed by atoms with Gasteiger partial charge in [0.1, 0.15) is 6.04 Å². The molecule has 1 saturated carbocycles. The van der Waals surface area contributed by atoms with E-state index in [1.54, 1.807) is 4.90 Å². The monoisotopic (exact) mass is 552 g/mol. The number of aromatic nitrogens is 2. The molecule has 1 heterocycles. The molecular weight excluding hydrogens is 515 g/mol. The Kier molecular flexibility index (Phi) is 11.9. The van der Waals surface area contributed by atoms with Gasteiger partial charge in [-0.05, 0) is 25.2 Å². The lowest BCUT2D eigenvalue weighted by Crippen LogP contribution is -3.00. The first-order valence-electron chi connectivity index (χ1n) is 10.7. The number of carbonyl (C=O) groups excluding carboxylic acids is 2. The summed E-state index contributed by atoms with van der Waals surface area (Å²) in [6.07, 6.45) is 7.96. The standard InChI is InChI=1S/C21H37N4O3S.HI/c1-16(2)14-18(24(15-26)17-10-8-6-7-9-11-17)19(27)20-22-23-21(28-20)29-13-12-25(3,4)5;/h15-18H,6-14H2,1-5H3;1H/q+1;/p-1. The molecule has 30 heavy (non-hydrogen) atoms. The number of ketones is 1. The van der Waals surface area contributed by atoms with Crippen LogP contribution in [0.1, 0.15) is 69.5 Å². The molecule has 1 aromatic rings. The Morgan fingerprint density at radius 2 is 1.83 bits per heavy atom. The molecule has 7 nitrogen and oxygen atoms in total. The fraction of sp³-hybridized carbons (Fsp3) is 0.810. The van der Waals surface area contributed by atoms with E-state index in [2.05, 4.69) is 45.2 Å². The van der Waals surface area contributed by atoms with Crippen molar-refractivity contribution in [1.29, 1.82) is 0 Å². The molecule has 1 amide bonds. The molecule has 0 aliphatic heterocycles. The Labute approximate surface area is 202 Å². The highest BCUT2D eigenvalue weighted by Crippen LogP contribution is 2.27. The second-order valence-corrected chi connectivity index (χ2v) is 10.5. The van der Waals surface area contributed by atoms with Gasteiger partial charge in [0.15, 0.2) is 0 Å². The maximum atomic E-state index is 13.2. The highest BCUT2D eigenvalue weighted by Gasteiger charge is 2.34. The molecule has 0 saturated heterocycles. The predicted octanol–water partition coefficient (Wildman–Crippen LogP) is 0.651. The Bertz CT molecular complexity index is 655. The van der Waals surface area contributed by atoms with Crippen molar-refractivity contribution < 1.29 is 42.5 Å². The van der Waals surface area contributed by atoms with Gasteiger partial charge in [-0.3, -0.25) is 9.59 Å². The van der Waals surface area contributed by atoms with Gasteiger partial charge in [0, 0.05) is 6.04 Å². The quantitative estimate of drug-likeness (QED) is 0.100. The molecular formula is C21H37IN4O3S. The maximum absolute atomic E-state index is 13.2. The van der Waals surface area contributed by atoms with Gasteiger partial charge in [-0.15, -0.1) is 10.2 Å². The molecule has 2 rings (SSSR count). The summed E-state index contributed by atoms with van der Waals surface area (Å²) in [4.78, 5) is 27.0. The van der Waals surface area contributed by atoms with Crippen LogP contribution in [0, 0.1) is 5.92 Å². The minimum Gasteiger partial charge on any atom is -1.00 e. The zero-order valence-electron chi connectivity index (χ0n) is 19.0. The van der Waals surface area contributed by atoms with Gasteiger partial charge in [0.05, 0.1) is 33.4 Å². The molecule has 0 spiro atoms. The fourth-order valence-corrected chi connectivity index (χ4v) is 4.75. The first kappa shape index (κ1) is 27.4. The van der Waals surface area contributed by atoms with Gasteiger partial charge in [0.25, 0.3) is 11.1 Å². The van der Waals surface area contributed by atoms with Gasteiger partial charge in [-0.1, -0.05) is 51.3 Å². The van der Waals surface area contributed by atoms with Crippen LogP contribution in [0.15, 0.2) is 9.64 Å². The Hall–Kier alpha value is -0.680. The van der Waals surface area contributed by atoms with E-state index in [1.165, 1.54) is 24.6 Å². The van der Waals surface area contributed by atoms with E-state index in [1.807, 2.05) is 0 Å². The fourth-order valence-electron chi connectivity index (χ4n) is 3.70. The number of quaternary nitrogens is 1. The largest absolute Gasteiger partial charge is 1.00 e. The zero-order chi connectivity index (χ0) is 21.4. The summed E-state index contributed by atoms with van der Waals surface area (Å²) in [5.74, 6) is 0.889. The third-order valence-corrected chi connectivity index (χ3v) is 6.13. The number of carbonyl (C=O) groups is 2. The van der Waals surface area contributed by atoms with Gasteiger partial charge in [-0.25, -0.2) is 0 Å². The van der Waals surface area contributed by atoms with Crippen LogP contribution in [-0.4, -0.2) is 77.3 Å². The van der Waals surface area contributed by atoms with Crippen LogP contribution in [0.4, 0.5) is 0 Å². The van der Waals surface area contributed by atoms with E-state index in [0.717, 1.165) is 48.9 Å². The third kappa shape index (κ3) is 8.82. The van der Waals surface area contributed by atoms with Gasteiger partial charge in [0.2, 0.25) is 12.2 Å². The summed E-state index contributed by atoms with van der Waals surface area (Å²) >= 11 is 1.46. The molecule has 0 N–H and O–H groups in total. The Balaban J connectivity index is 0.00000450. The summed E-state index contributed by atoms with van der Waals surface area (Å²) in [5, 5.41) is 8.46. The minimum absolute atomic E-state index is 0. The summed E-state index contributed by atoms with van der Waals surface area (Å²) in [6, 6.07) is -0.427. The molecule has 1 atom stereocenters. The van der Waals surface area contributed by atoms with E-state index in [0.29, 0.717) is 11.6 Å². The van der Waals surface area contributed by atoms with Gasteiger partial charge < -0.3 is 37.8 Å². The van der Waals surface area contributed by atoms with Crippen molar-refractivity contribution in [2.75, 3.05) is 33.4 Å². The van der Waals surface area contributed by atoms with Crippen molar-refractivity contribution in [2.24, 2.45) is 5.92 Å². The molecule has 1 unspecified atom stereocenters. The summed E-state index contributed by atoms with van der Waals surface area (Å²) in [5.41, 5.74) is 0. The molecule has 1 aliphatic rings. The first-order valence-corrected chi connectivity index (χ1v) is 11.7. The van der Waals surface area contributed by atoms with Crippen LogP contribution in [0.2, 0.25) is 0 Å². The van der Waals surface area contributed by atoms with E-state index < -0.39 is 6.04 Å². The molecule has 9 heteroatoms. The smallest absolute Gasteiger partial charge is 0.286 e. The summed E-state index contributed by atoms with van der Waals surface area (Å²) in [6.45, 7) is 5.08. The molecule has 1 fully saturated rings. The zero-order valence-corrected chi connectivity index (χ0v) is 21.9. The average molecular weight is 553 g/mol. The molecule has 172 valence electrons. The third-order valence-electron chi connectivity index (χ3n) is 5.33. The van der Waals surface area contributed by atoms with Crippen LogP contribution in [0.25, 0.3) is 0 Å². The van der Waals surface area contributed by atoms with Crippen LogP contribution >= 0.6 is 11.8 Å². The first-order chi connectivity index (χ1) is 13.7. The number of hydrogen-bond donors (Lipinski definition) is 0. The van der Waals surface area contributed by atoms with Gasteiger partial charge in [-0.2, -0.15) is 0 Å². The Morgan fingerprint density at radius 3 is 2.37 bits per heavy atom. The average Bonchev–Trinajstić information content (AvgIpc) is 2.94. The van der Waals surface area contributed by atoms with Crippen molar-refractivity contribution in [3.63, 3.8) is 0 Å². The number of hydrogen-bond acceptors (Lipinski definition) is 6. The number of Topliss-reactive ketones (excluding diaryl/α,β-unsaturated/α-hetero) is 1. The predicted molar refractivity (Wildman–Crippen MR) is 115 cm³/mol. The minimum atomic E-state index is -0.542. The molecule has 1 aromatic heterocycles. The second-order valence-electron chi connectivity index (χ2n) is 9.44. The van der Waals surface area contributed by atoms with E-state index in [9.17, 15) is 9.59 Å². The summed E-state index contributed by atoms with van der Waals surface area (Å²) < 4.78 is 6.52. The number of nitrogens with zero attached hydrogens (tertiary/aromatic N) is 4. The van der Waals surface area contributed by atoms with E-state index in [4.69, 9.17) is 4.42 Å². The molecule has 0 radical (unpaired) electrons. The van der Waals surface area contributed by atoms with Crippen molar-refractivity contribution in [3.05, 3.63) is 5.89 Å². The van der Waals surface area contributed by atoms with Crippen molar-refractivity contribution in [3.8, 4) is 0 Å². The van der Waals surface area contributed by atoms with Gasteiger partial charge >= 0.3 is 0 Å². The lowest BCUT2D eigenvalue weighted by molar-refractivity contribution is -0.867. The highest BCUT2D eigenvalue weighted by molar-refractivity contribution is 7.99. The van der Waals surface area contributed by atoms with Crippen LogP contribution in [0.3, 0.4) is 0 Å². The molecule has 0 bridgehead atoms. The highest BCUT2D eigenvalue weighted by atomic mass is 127. The maximum Gasteiger partial charge on any atom is 0.286 e. The van der Waals surface area contributed by atoms with Crippen LogP contribution in [0.5, 0.6) is 0 Å². The lowest BCUT2D eigenvalue weighted by Gasteiger charge is -2.34. The number of halogens is 1. The van der Waals surface area contributed by atoms with Crippen LogP contribution in [-0.2, 0) is 4.79 Å². The summed E-state index contributed by atoms with van der Waals surface area (Å²) in [7, 11) is 6.38. The van der Waals surface area contributed by atoms with Crippen molar-refractivity contribution in [1.82, 2.24) is 15.1 Å². The second kappa shape index (κ2) is 13.0. The SMILES string of the molecule is CC(C)CC(C(=O)c1nnc(SCC[N+](C)(C)C)o1)N(C=O)C1CCCCCC1.[I-]. The number of thioether (sulfide) groups is 1. The molecule has 0 aromatic carbocycles. The topological polar surface area (TPSA) is 76.3 Å². The normalized spacial score (nSPS) is 16.6. The number of rotatable bonds is 11. The van der Waals surface area contributed by atoms with Crippen LogP contribution < -0.4 is 24.0 Å².